The van der Waals surface area contributed by atoms with Crippen LogP contribution in [-0.4, -0.2) is 61.0 Å². The van der Waals surface area contributed by atoms with E-state index in [0.29, 0.717) is 9.65 Å². The van der Waals surface area contributed by atoms with Crippen molar-refractivity contribution in [2.75, 3.05) is 13.7 Å². The van der Waals surface area contributed by atoms with Gasteiger partial charge in [0.2, 0.25) is 6.10 Å². The standard InChI is InChI=1S/C22H25NO9S2/c1-11-20(15-6-8-16(27-5)9-7-15)34-22(33)23(11)32-21-19(30-14(4)26)18(29-13(3)25)17(31-21)10-28-12(2)24/h6-9,17-19,21H,10H2,1-5H3/t17-,18-,19-,21-/m1/s1. The summed E-state index contributed by atoms with van der Waals surface area (Å²) in [5, 5.41) is 0. The molecule has 1 aliphatic rings. The molecule has 0 aliphatic carbocycles. The fourth-order valence-electron chi connectivity index (χ4n) is 3.43. The number of hydrogen-bond donors (Lipinski definition) is 0. The number of carbonyl (C=O) groups excluding carboxylic acids is 3. The van der Waals surface area contributed by atoms with Gasteiger partial charge in [0.05, 0.1) is 17.7 Å². The molecule has 3 rings (SSSR count). The lowest BCUT2D eigenvalue weighted by Gasteiger charge is -2.23. The molecular weight excluding hydrogens is 486 g/mol. The summed E-state index contributed by atoms with van der Waals surface area (Å²) >= 11 is 6.82. The highest BCUT2D eigenvalue weighted by Crippen LogP contribution is 2.33. The first-order chi connectivity index (χ1) is 16.1. The molecule has 4 atom stereocenters. The topological polar surface area (TPSA) is 112 Å². The highest BCUT2D eigenvalue weighted by atomic mass is 32.1. The van der Waals surface area contributed by atoms with Crippen molar-refractivity contribution in [2.45, 2.75) is 52.3 Å². The van der Waals surface area contributed by atoms with Crippen molar-refractivity contribution >= 4 is 41.5 Å². The predicted molar refractivity (Wildman–Crippen MR) is 123 cm³/mol. The van der Waals surface area contributed by atoms with Crippen LogP contribution in [0.4, 0.5) is 0 Å². The first-order valence-corrected chi connectivity index (χ1v) is 11.5. The monoisotopic (exact) mass is 511 g/mol. The average molecular weight is 512 g/mol. The smallest absolute Gasteiger partial charge is 0.303 e. The van der Waals surface area contributed by atoms with Gasteiger partial charge in [-0.25, -0.2) is 0 Å². The molecule has 10 nitrogen and oxygen atoms in total. The van der Waals surface area contributed by atoms with Gasteiger partial charge in [-0.3, -0.25) is 14.4 Å². The lowest BCUT2D eigenvalue weighted by atomic mass is 10.1. The zero-order valence-electron chi connectivity index (χ0n) is 19.3. The first kappa shape index (κ1) is 25.7. The summed E-state index contributed by atoms with van der Waals surface area (Å²) in [7, 11) is 1.59. The molecule has 184 valence electrons. The number of rotatable bonds is 8. The minimum atomic E-state index is -1.18. The van der Waals surface area contributed by atoms with Crippen LogP contribution < -0.4 is 9.57 Å². The number of nitrogens with zero attached hydrogens (tertiary/aromatic N) is 1. The van der Waals surface area contributed by atoms with E-state index in [4.69, 9.17) is 40.7 Å². The van der Waals surface area contributed by atoms with Crippen molar-refractivity contribution in [3.05, 3.63) is 33.9 Å². The van der Waals surface area contributed by atoms with Crippen LogP contribution in [-0.2, 0) is 33.3 Å². The van der Waals surface area contributed by atoms with E-state index in [1.54, 1.807) is 7.11 Å². The van der Waals surface area contributed by atoms with E-state index < -0.39 is 42.5 Å². The molecule has 0 spiro atoms. The number of thiazole rings is 1. The van der Waals surface area contributed by atoms with E-state index in [0.717, 1.165) is 16.2 Å². The van der Waals surface area contributed by atoms with Gasteiger partial charge in [0.25, 0.3) is 6.29 Å². The molecule has 0 amide bonds. The molecule has 0 radical (unpaired) electrons. The van der Waals surface area contributed by atoms with Gasteiger partial charge < -0.3 is 28.5 Å². The summed E-state index contributed by atoms with van der Waals surface area (Å²) in [4.78, 5) is 41.7. The molecular formula is C22H25NO9S2. The summed E-state index contributed by atoms with van der Waals surface area (Å²) in [5.74, 6) is -1.07. The van der Waals surface area contributed by atoms with Gasteiger partial charge in [-0.15, -0.1) is 11.3 Å². The average Bonchev–Trinajstić information content (AvgIpc) is 3.23. The number of esters is 3. The van der Waals surface area contributed by atoms with Crippen LogP contribution in [0.3, 0.4) is 0 Å². The van der Waals surface area contributed by atoms with Gasteiger partial charge in [0, 0.05) is 20.8 Å². The van der Waals surface area contributed by atoms with Crippen molar-refractivity contribution < 1.29 is 42.9 Å². The van der Waals surface area contributed by atoms with Crippen molar-refractivity contribution in [3.8, 4) is 16.2 Å². The van der Waals surface area contributed by atoms with Crippen LogP contribution in [0.1, 0.15) is 26.5 Å². The Kier molecular flexibility index (Phi) is 8.28. The van der Waals surface area contributed by atoms with E-state index in [9.17, 15) is 14.4 Å². The van der Waals surface area contributed by atoms with E-state index in [-0.39, 0.29) is 6.61 Å². The lowest BCUT2D eigenvalue weighted by Crippen LogP contribution is -2.43. The Morgan fingerprint density at radius 3 is 2.21 bits per heavy atom. The van der Waals surface area contributed by atoms with E-state index in [1.165, 1.54) is 36.8 Å². The van der Waals surface area contributed by atoms with Crippen molar-refractivity contribution in [1.82, 2.24) is 4.73 Å². The van der Waals surface area contributed by atoms with E-state index in [2.05, 4.69) is 0 Å². The van der Waals surface area contributed by atoms with Crippen molar-refractivity contribution in [2.24, 2.45) is 0 Å². The lowest BCUT2D eigenvalue weighted by molar-refractivity contribution is -0.191. The third kappa shape index (κ3) is 5.93. The second kappa shape index (κ2) is 11.0. The Morgan fingerprint density at radius 1 is 1.03 bits per heavy atom. The van der Waals surface area contributed by atoms with Crippen molar-refractivity contribution in [1.29, 1.82) is 0 Å². The highest BCUT2D eigenvalue weighted by Gasteiger charge is 2.51. The molecule has 0 saturated carbocycles. The summed E-state index contributed by atoms with van der Waals surface area (Å²) in [6.45, 7) is 5.26. The maximum absolute atomic E-state index is 11.8. The largest absolute Gasteiger partial charge is 0.497 e. The third-order valence-electron chi connectivity index (χ3n) is 4.87. The number of benzene rings is 1. The minimum Gasteiger partial charge on any atom is -0.497 e. The Bertz CT molecular complexity index is 1110. The SMILES string of the molecule is COc1ccc(-c2sc(=S)n(O[C@H]3O[C@H](COC(C)=O)[C@@H](OC(C)=O)[C@H]3OC(C)=O)c2C)cc1. The van der Waals surface area contributed by atoms with E-state index in [1.807, 2.05) is 31.2 Å². The Balaban J connectivity index is 1.91. The number of hydrogen-bond acceptors (Lipinski definition) is 11. The minimum absolute atomic E-state index is 0.226. The summed E-state index contributed by atoms with van der Waals surface area (Å²) in [6, 6.07) is 7.47. The maximum Gasteiger partial charge on any atom is 0.303 e. The predicted octanol–water partition coefficient (Wildman–Crippen LogP) is 2.84. The molecule has 2 heterocycles. The highest BCUT2D eigenvalue weighted by molar-refractivity contribution is 7.73. The molecule has 1 aromatic heterocycles. The Morgan fingerprint density at radius 2 is 1.65 bits per heavy atom. The summed E-state index contributed by atoms with van der Waals surface area (Å²) < 4.78 is 28.6. The number of ether oxygens (including phenoxy) is 5. The quantitative estimate of drug-likeness (QED) is 0.298. The Labute approximate surface area is 205 Å². The number of carbonyl (C=O) groups is 3. The van der Waals surface area contributed by atoms with Gasteiger partial charge in [0.1, 0.15) is 18.5 Å². The van der Waals surface area contributed by atoms with Gasteiger partial charge in [-0.2, -0.15) is 4.73 Å². The molecule has 0 bridgehead atoms. The molecule has 34 heavy (non-hydrogen) atoms. The van der Waals surface area contributed by atoms with Gasteiger partial charge >= 0.3 is 17.9 Å². The van der Waals surface area contributed by atoms with Crippen LogP contribution in [0, 0.1) is 10.9 Å². The molecule has 1 fully saturated rings. The molecule has 2 aromatic rings. The van der Waals surface area contributed by atoms with Crippen molar-refractivity contribution in [3.63, 3.8) is 0 Å². The number of aromatic nitrogens is 1. The molecule has 1 aromatic carbocycles. The maximum atomic E-state index is 11.8. The molecule has 0 unspecified atom stereocenters. The third-order valence-corrected chi connectivity index (χ3v) is 6.36. The van der Waals surface area contributed by atoms with Crippen LogP contribution in [0.5, 0.6) is 5.75 Å². The molecule has 1 aliphatic heterocycles. The molecule has 1 saturated heterocycles. The molecule has 0 N–H and O–H groups in total. The van der Waals surface area contributed by atoms with Gasteiger partial charge in [-0.05, 0) is 49.0 Å². The summed E-state index contributed by atoms with van der Waals surface area (Å²) in [6.07, 6.45) is -4.28. The Hall–Kier alpha value is -2.96. The fraction of sp³-hybridized carbons (Fsp3) is 0.455. The van der Waals surface area contributed by atoms with Gasteiger partial charge in [-0.1, -0.05) is 0 Å². The normalized spacial score (nSPS) is 21.6. The van der Waals surface area contributed by atoms with Crippen LogP contribution in [0.25, 0.3) is 10.4 Å². The molecule has 12 heteroatoms. The summed E-state index contributed by atoms with van der Waals surface area (Å²) in [5.41, 5.74) is 1.60. The second-order valence-corrected chi connectivity index (χ2v) is 9.05. The fourth-order valence-corrected chi connectivity index (χ4v) is 4.78. The first-order valence-electron chi connectivity index (χ1n) is 10.3. The zero-order valence-corrected chi connectivity index (χ0v) is 20.9. The van der Waals surface area contributed by atoms with Gasteiger partial charge in [0.15, 0.2) is 10.1 Å². The zero-order chi connectivity index (χ0) is 25.0. The van der Waals surface area contributed by atoms with Crippen LogP contribution in [0.15, 0.2) is 24.3 Å². The van der Waals surface area contributed by atoms with Crippen LogP contribution in [0.2, 0.25) is 0 Å². The second-order valence-electron chi connectivity index (χ2n) is 7.40. The van der Waals surface area contributed by atoms with E-state index >= 15 is 0 Å². The van der Waals surface area contributed by atoms with Crippen LogP contribution >= 0.6 is 23.6 Å². The number of methoxy groups -OCH3 is 1.